The maximum Gasteiger partial charge on any atom is 0.405 e. The number of rotatable bonds is 5. The van der Waals surface area contributed by atoms with E-state index >= 15 is 0 Å². The van der Waals surface area contributed by atoms with E-state index < -0.39 is 35.8 Å². The smallest absolute Gasteiger partial charge is 0.405 e. The number of alkyl halides is 3. The molecule has 0 aliphatic heterocycles. The summed E-state index contributed by atoms with van der Waals surface area (Å²) in [6.07, 6.45) is -4.64. The molecule has 6 nitrogen and oxygen atoms in total. The molecule has 0 aromatic heterocycles. The van der Waals surface area contributed by atoms with Crippen LogP contribution in [-0.2, 0) is 4.79 Å². The standard InChI is InChI=1S/C10H8ClF3N2O4/c11-7-3-6(16(19)20)1-2-8(7)15(4-9(17)18)5-10(12,13)14/h1-3H,4-5H2,(H,17,18). The van der Waals surface area contributed by atoms with Crippen LogP contribution in [0.1, 0.15) is 0 Å². The van der Waals surface area contributed by atoms with Crippen LogP contribution in [-0.4, -0.2) is 35.3 Å². The summed E-state index contributed by atoms with van der Waals surface area (Å²) in [5, 5.41) is 18.8. The fourth-order valence-electron chi connectivity index (χ4n) is 1.47. The minimum Gasteiger partial charge on any atom is -0.480 e. The van der Waals surface area contributed by atoms with E-state index in [0.717, 1.165) is 18.2 Å². The first-order chi connectivity index (χ1) is 9.10. The van der Waals surface area contributed by atoms with Crippen molar-refractivity contribution in [2.45, 2.75) is 6.18 Å². The molecular weight excluding hydrogens is 305 g/mol. The van der Waals surface area contributed by atoms with Gasteiger partial charge in [-0.05, 0) is 6.07 Å². The number of anilines is 1. The summed E-state index contributed by atoms with van der Waals surface area (Å²) in [5.41, 5.74) is -0.641. The summed E-state index contributed by atoms with van der Waals surface area (Å²) in [6, 6.07) is 2.80. The molecule has 0 unspecified atom stereocenters. The summed E-state index contributed by atoms with van der Waals surface area (Å²) in [6.45, 7) is -2.46. The Hall–Kier alpha value is -2.03. The number of nitrogens with zero attached hydrogens (tertiary/aromatic N) is 2. The average molecular weight is 313 g/mol. The average Bonchev–Trinajstić information content (AvgIpc) is 2.25. The van der Waals surface area contributed by atoms with Crippen molar-refractivity contribution in [2.24, 2.45) is 0 Å². The molecule has 0 radical (unpaired) electrons. The van der Waals surface area contributed by atoms with Crippen LogP contribution in [0.25, 0.3) is 0 Å². The molecule has 1 aromatic rings. The zero-order valence-electron chi connectivity index (χ0n) is 9.72. The quantitative estimate of drug-likeness (QED) is 0.667. The van der Waals surface area contributed by atoms with E-state index in [9.17, 15) is 28.1 Å². The van der Waals surface area contributed by atoms with Crippen LogP contribution in [0.2, 0.25) is 5.02 Å². The van der Waals surface area contributed by atoms with Crippen LogP contribution < -0.4 is 4.90 Å². The molecule has 20 heavy (non-hydrogen) atoms. The minimum atomic E-state index is -4.64. The van der Waals surface area contributed by atoms with Crippen LogP contribution >= 0.6 is 11.6 Å². The molecule has 1 aromatic carbocycles. The van der Waals surface area contributed by atoms with Crippen molar-refractivity contribution in [2.75, 3.05) is 18.0 Å². The Kier molecular flexibility index (Phi) is 4.77. The number of hydrogen-bond acceptors (Lipinski definition) is 4. The second-order valence-corrected chi connectivity index (χ2v) is 4.17. The summed E-state index contributed by atoms with van der Waals surface area (Å²) >= 11 is 5.67. The largest absolute Gasteiger partial charge is 0.480 e. The van der Waals surface area contributed by atoms with E-state index in [1.54, 1.807) is 0 Å². The van der Waals surface area contributed by atoms with Gasteiger partial charge in [-0.3, -0.25) is 14.9 Å². The van der Waals surface area contributed by atoms with Gasteiger partial charge in [-0.1, -0.05) is 11.6 Å². The number of aliphatic carboxylic acids is 1. The molecular formula is C10H8ClF3N2O4. The lowest BCUT2D eigenvalue weighted by molar-refractivity contribution is -0.384. The second-order valence-electron chi connectivity index (χ2n) is 3.76. The zero-order valence-corrected chi connectivity index (χ0v) is 10.5. The van der Waals surface area contributed by atoms with Gasteiger partial charge in [0.05, 0.1) is 15.6 Å². The van der Waals surface area contributed by atoms with Gasteiger partial charge in [-0.15, -0.1) is 0 Å². The summed E-state index contributed by atoms with van der Waals surface area (Å²) in [5.74, 6) is -1.48. The predicted octanol–water partition coefficient (Wildman–Crippen LogP) is 2.70. The number of carboxylic acids is 1. The van der Waals surface area contributed by atoms with E-state index in [1.807, 2.05) is 0 Å². The first-order valence-electron chi connectivity index (χ1n) is 5.07. The zero-order chi connectivity index (χ0) is 15.5. The molecule has 0 saturated carbocycles. The normalized spacial score (nSPS) is 11.2. The molecule has 0 aliphatic rings. The van der Waals surface area contributed by atoms with Crippen molar-refractivity contribution in [3.8, 4) is 0 Å². The first-order valence-corrected chi connectivity index (χ1v) is 5.45. The predicted molar refractivity (Wildman–Crippen MR) is 64.0 cm³/mol. The molecule has 0 fully saturated rings. The third-order valence-corrected chi connectivity index (χ3v) is 2.48. The Bertz CT molecular complexity index is 536. The SMILES string of the molecule is O=C(O)CN(CC(F)(F)F)c1ccc([N+](=O)[O-])cc1Cl. The summed E-state index contributed by atoms with van der Waals surface area (Å²) in [4.78, 5) is 20.8. The molecule has 0 saturated heterocycles. The fraction of sp³-hybridized carbons (Fsp3) is 0.300. The monoisotopic (exact) mass is 312 g/mol. The van der Waals surface area contributed by atoms with Crippen molar-refractivity contribution in [3.05, 3.63) is 33.3 Å². The van der Waals surface area contributed by atoms with E-state index in [2.05, 4.69) is 0 Å². The Labute approximate surface area is 115 Å². The highest BCUT2D eigenvalue weighted by molar-refractivity contribution is 6.33. The van der Waals surface area contributed by atoms with Crippen molar-refractivity contribution < 1.29 is 28.0 Å². The van der Waals surface area contributed by atoms with E-state index in [4.69, 9.17) is 16.7 Å². The first kappa shape index (κ1) is 16.0. The van der Waals surface area contributed by atoms with E-state index in [-0.39, 0.29) is 10.7 Å². The van der Waals surface area contributed by atoms with Gasteiger partial charge in [-0.25, -0.2) is 0 Å². The second kappa shape index (κ2) is 5.95. The lowest BCUT2D eigenvalue weighted by Gasteiger charge is -2.24. The van der Waals surface area contributed by atoms with Crippen molar-refractivity contribution >= 4 is 28.9 Å². The molecule has 1 rings (SSSR count). The van der Waals surface area contributed by atoms with Crippen molar-refractivity contribution in [3.63, 3.8) is 0 Å². The van der Waals surface area contributed by atoms with Crippen LogP contribution in [0.3, 0.4) is 0 Å². The highest BCUT2D eigenvalue weighted by Crippen LogP contribution is 2.31. The van der Waals surface area contributed by atoms with E-state index in [0.29, 0.717) is 4.90 Å². The fourth-order valence-corrected chi connectivity index (χ4v) is 1.77. The minimum absolute atomic E-state index is 0.239. The molecule has 0 bridgehead atoms. The van der Waals surface area contributed by atoms with Crippen LogP contribution in [0.4, 0.5) is 24.5 Å². The molecule has 110 valence electrons. The third-order valence-electron chi connectivity index (χ3n) is 2.18. The number of non-ortho nitro benzene ring substituents is 1. The van der Waals surface area contributed by atoms with Crippen molar-refractivity contribution in [1.29, 1.82) is 0 Å². The maximum atomic E-state index is 12.4. The topological polar surface area (TPSA) is 83.7 Å². The Balaban J connectivity index is 3.13. The number of hydrogen-bond donors (Lipinski definition) is 1. The van der Waals surface area contributed by atoms with Gasteiger partial charge in [0, 0.05) is 12.1 Å². The molecule has 0 spiro atoms. The number of halogens is 4. The van der Waals surface area contributed by atoms with Gasteiger partial charge in [0.1, 0.15) is 13.1 Å². The van der Waals surface area contributed by atoms with Gasteiger partial charge in [0.15, 0.2) is 0 Å². The van der Waals surface area contributed by atoms with Gasteiger partial charge >= 0.3 is 12.1 Å². The highest BCUT2D eigenvalue weighted by Gasteiger charge is 2.32. The number of nitro benzene ring substituents is 1. The van der Waals surface area contributed by atoms with Gasteiger partial charge < -0.3 is 10.0 Å². The number of nitro groups is 1. The number of carboxylic acid groups (broad SMARTS) is 1. The van der Waals surface area contributed by atoms with Gasteiger partial charge in [0.2, 0.25) is 0 Å². The summed E-state index contributed by atoms with van der Waals surface area (Å²) in [7, 11) is 0. The molecule has 0 heterocycles. The van der Waals surface area contributed by atoms with Crippen LogP contribution in [0, 0.1) is 10.1 Å². The van der Waals surface area contributed by atoms with Gasteiger partial charge in [0.25, 0.3) is 5.69 Å². The summed E-state index contributed by atoms with van der Waals surface area (Å²) < 4.78 is 37.2. The van der Waals surface area contributed by atoms with Crippen LogP contribution in [0.15, 0.2) is 18.2 Å². The molecule has 0 atom stereocenters. The molecule has 1 N–H and O–H groups in total. The third kappa shape index (κ3) is 4.57. The highest BCUT2D eigenvalue weighted by atomic mass is 35.5. The lowest BCUT2D eigenvalue weighted by Crippen LogP contribution is -2.38. The molecule has 0 aliphatic carbocycles. The number of carbonyl (C=O) groups is 1. The Morgan fingerprint density at radius 2 is 2.05 bits per heavy atom. The molecule has 10 heteroatoms. The Morgan fingerprint density at radius 3 is 2.45 bits per heavy atom. The van der Waals surface area contributed by atoms with E-state index in [1.165, 1.54) is 0 Å². The van der Waals surface area contributed by atoms with Gasteiger partial charge in [-0.2, -0.15) is 13.2 Å². The Morgan fingerprint density at radius 1 is 1.45 bits per heavy atom. The maximum absolute atomic E-state index is 12.4. The van der Waals surface area contributed by atoms with Crippen LogP contribution in [0.5, 0.6) is 0 Å². The lowest BCUT2D eigenvalue weighted by atomic mass is 10.2. The van der Waals surface area contributed by atoms with Crippen molar-refractivity contribution in [1.82, 2.24) is 0 Å². The number of benzene rings is 1. The molecule has 0 amide bonds.